The zero-order valence-corrected chi connectivity index (χ0v) is 52.2. The summed E-state index contributed by atoms with van der Waals surface area (Å²) in [6, 6.07) is -0.536. The Morgan fingerprint density at radius 2 is 0.649 bits per heavy atom. The van der Waals surface area contributed by atoms with E-state index in [9.17, 15) is 19.8 Å². The Kier molecular flexibility index (Phi) is 65.4. The van der Waals surface area contributed by atoms with Crippen LogP contribution in [0, 0.1) is 0 Å². The van der Waals surface area contributed by atoms with E-state index in [1.807, 2.05) is 0 Å². The van der Waals surface area contributed by atoms with E-state index in [1.165, 1.54) is 308 Å². The second kappa shape index (κ2) is 66.8. The Morgan fingerprint density at radius 1 is 0.364 bits per heavy atom. The molecule has 0 aromatic rings. The zero-order valence-electron chi connectivity index (χ0n) is 52.2. The van der Waals surface area contributed by atoms with Crippen LogP contribution in [0.15, 0.2) is 24.3 Å². The third kappa shape index (κ3) is 63.4. The highest BCUT2D eigenvalue weighted by molar-refractivity contribution is 5.76. The van der Waals surface area contributed by atoms with Gasteiger partial charge in [0.15, 0.2) is 0 Å². The maximum atomic E-state index is 12.5. The van der Waals surface area contributed by atoms with Gasteiger partial charge in [-0.1, -0.05) is 346 Å². The smallest absolute Gasteiger partial charge is 0.305 e. The normalized spacial score (nSPS) is 12.6. The minimum atomic E-state index is -0.659. The van der Waals surface area contributed by atoms with Gasteiger partial charge in [-0.2, -0.15) is 0 Å². The first-order valence-electron chi connectivity index (χ1n) is 35.1. The average Bonchev–Trinajstić information content (AvgIpc) is 3.43. The van der Waals surface area contributed by atoms with Crippen LogP contribution in [0.5, 0.6) is 0 Å². The van der Waals surface area contributed by atoms with Gasteiger partial charge in [0.2, 0.25) is 5.91 Å². The van der Waals surface area contributed by atoms with E-state index in [0.29, 0.717) is 25.9 Å². The number of ether oxygens (including phenoxy) is 1. The molecule has 0 fully saturated rings. The molecule has 0 heterocycles. The highest BCUT2D eigenvalue weighted by Gasteiger charge is 2.20. The maximum absolute atomic E-state index is 12.5. The van der Waals surface area contributed by atoms with Crippen molar-refractivity contribution in [1.82, 2.24) is 5.32 Å². The molecule has 6 nitrogen and oxygen atoms in total. The van der Waals surface area contributed by atoms with Gasteiger partial charge in [-0.3, -0.25) is 9.59 Å². The van der Waals surface area contributed by atoms with Gasteiger partial charge in [0.05, 0.1) is 25.4 Å². The number of allylic oxidation sites excluding steroid dienone is 4. The number of rotatable bonds is 66. The largest absolute Gasteiger partial charge is 0.466 e. The number of nitrogens with one attached hydrogen (secondary N) is 1. The summed E-state index contributed by atoms with van der Waals surface area (Å²) in [5.41, 5.74) is 0. The fourth-order valence-electron chi connectivity index (χ4n) is 11.1. The van der Waals surface area contributed by atoms with Crippen LogP contribution < -0.4 is 5.32 Å². The van der Waals surface area contributed by atoms with Crippen LogP contribution in [0.1, 0.15) is 393 Å². The van der Waals surface area contributed by atoms with Crippen LogP contribution in [0.4, 0.5) is 0 Å². The fraction of sp³-hybridized carbons (Fsp3) is 0.915. The van der Waals surface area contributed by atoms with E-state index in [-0.39, 0.29) is 18.5 Å². The van der Waals surface area contributed by atoms with E-state index >= 15 is 0 Å². The second-order valence-electron chi connectivity index (χ2n) is 24.2. The highest BCUT2D eigenvalue weighted by atomic mass is 16.5. The van der Waals surface area contributed by atoms with Crippen LogP contribution in [0.25, 0.3) is 0 Å². The van der Waals surface area contributed by atoms with E-state index in [1.54, 1.807) is 0 Å². The zero-order chi connectivity index (χ0) is 55.7. The summed E-state index contributed by atoms with van der Waals surface area (Å²) < 4.78 is 5.49. The molecule has 3 N–H and O–H groups in total. The first-order valence-corrected chi connectivity index (χ1v) is 35.1. The monoisotopic (exact) mass is 1080 g/mol. The topological polar surface area (TPSA) is 95.9 Å². The van der Waals surface area contributed by atoms with Crippen molar-refractivity contribution in [3.8, 4) is 0 Å². The number of carbonyl (C=O) groups excluding carboxylic acids is 2. The summed E-state index contributed by atoms with van der Waals surface area (Å²) in [6.07, 6.45) is 83.8. The Hall–Kier alpha value is -1.66. The minimum absolute atomic E-state index is 0.00810. The summed E-state index contributed by atoms with van der Waals surface area (Å²) in [7, 11) is 0. The molecule has 0 saturated carbocycles. The molecule has 77 heavy (non-hydrogen) atoms. The van der Waals surface area contributed by atoms with Crippen LogP contribution in [0.3, 0.4) is 0 Å². The third-order valence-corrected chi connectivity index (χ3v) is 16.5. The van der Waals surface area contributed by atoms with Crippen molar-refractivity contribution in [2.24, 2.45) is 0 Å². The van der Waals surface area contributed by atoms with E-state index < -0.39 is 12.1 Å². The van der Waals surface area contributed by atoms with Crippen molar-refractivity contribution in [3.05, 3.63) is 24.3 Å². The van der Waals surface area contributed by atoms with Crippen molar-refractivity contribution in [2.45, 2.75) is 405 Å². The van der Waals surface area contributed by atoms with Crippen molar-refractivity contribution in [3.63, 3.8) is 0 Å². The molecule has 0 aliphatic carbocycles. The fourth-order valence-corrected chi connectivity index (χ4v) is 11.1. The number of esters is 1. The number of aliphatic hydroxyl groups excluding tert-OH is 2. The lowest BCUT2D eigenvalue weighted by Gasteiger charge is -2.22. The van der Waals surface area contributed by atoms with Gasteiger partial charge in [0, 0.05) is 12.8 Å². The predicted octanol–water partition coefficient (Wildman–Crippen LogP) is 22.5. The number of unbranched alkanes of at least 4 members (excludes halogenated alkanes) is 51. The number of hydrogen-bond donors (Lipinski definition) is 3. The summed E-state index contributed by atoms with van der Waals surface area (Å²) >= 11 is 0. The Balaban J connectivity index is 3.30. The molecule has 0 radical (unpaired) electrons. The van der Waals surface area contributed by atoms with E-state index in [4.69, 9.17) is 4.74 Å². The first-order chi connectivity index (χ1) is 38.0. The lowest BCUT2D eigenvalue weighted by atomic mass is 10.0. The summed E-state index contributed by atoms with van der Waals surface area (Å²) in [4.78, 5) is 24.5. The summed E-state index contributed by atoms with van der Waals surface area (Å²) in [5, 5.41) is 23.3. The lowest BCUT2D eigenvalue weighted by molar-refractivity contribution is -0.143. The van der Waals surface area contributed by atoms with Gasteiger partial charge in [-0.25, -0.2) is 0 Å². The van der Waals surface area contributed by atoms with Gasteiger partial charge < -0.3 is 20.3 Å². The van der Waals surface area contributed by atoms with Crippen molar-refractivity contribution < 1.29 is 24.5 Å². The summed E-state index contributed by atoms with van der Waals surface area (Å²) in [5.74, 6) is -0.0206. The molecule has 0 aromatic carbocycles. The van der Waals surface area contributed by atoms with Gasteiger partial charge >= 0.3 is 5.97 Å². The molecular formula is C71H137NO5. The Labute approximate surface area is 481 Å². The van der Waals surface area contributed by atoms with Crippen molar-refractivity contribution in [2.75, 3.05) is 13.2 Å². The third-order valence-electron chi connectivity index (χ3n) is 16.5. The number of aliphatic hydroxyl groups is 2. The standard InChI is InChI=1S/C71H137NO5/c1-3-5-7-9-11-13-15-17-37-41-45-49-53-57-61-65-71(76)77-66-62-58-54-50-46-42-39-36-34-32-30-28-26-24-22-20-18-19-21-23-25-27-29-31-33-35-38-40-44-48-52-56-60-64-70(75)72-68(67-73)69(74)63-59-55-51-47-43-16-14-12-10-8-6-4-2/h11,13,17,37,68-69,73-74H,3-10,12,14-16,18-36,38-67H2,1-2H3,(H,72,75)/b13-11-,37-17-. The minimum Gasteiger partial charge on any atom is -0.466 e. The van der Waals surface area contributed by atoms with Gasteiger partial charge in [-0.15, -0.1) is 0 Å². The van der Waals surface area contributed by atoms with Crippen LogP contribution in [0.2, 0.25) is 0 Å². The van der Waals surface area contributed by atoms with E-state index in [0.717, 1.165) is 51.4 Å². The van der Waals surface area contributed by atoms with Crippen LogP contribution >= 0.6 is 0 Å². The van der Waals surface area contributed by atoms with Gasteiger partial charge in [-0.05, 0) is 57.8 Å². The molecule has 0 spiro atoms. The van der Waals surface area contributed by atoms with Crippen LogP contribution in [-0.2, 0) is 14.3 Å². The number of carbonyl (C=O) groups is 2. The van der Waals surface area contributed by atoms with Gasteiger partial charge in [0.25, 0.3) is 0 Å². The van der Waals surface area contributed by atoms with Gasteiger partial charge in [0.1, 0.15) is 0 Å². The highest BCUT2D eigenvalue weighted by Crippen LogP contribution is 2.19. The Bertz CT molecular complexity index is 1200. The predicted molar refractivity (Wildman–Crippen MR) is 338 cm³/mol. The molecule has 0 bridgehead atoms. The molecule has 0 aromatic heterocycles. The molecule has 2 unspecified atom stereocenters. The Morgan fingerprint density at radius 3 is 1.01 bits per heavy atom. The average molecular weight is 1080 g/mol. The maximum Gasteiger partial charge on any atom is 0.305 e. The summed E-state index contributed by atoms with van der Waals surface area (Å²) in [6.45, 7) is 4.95. The molecule has 0 rings (SSSR count). The molecule has 2 atom stereocenters. The van der Waals surface area contributed by atoms with Crippen molar-refractivity contribution >= 4 is 11.9 Å². The molecule has 0 aliphatic rings. The van der Waals surface area contributed by atoms with Crippen molar-refractivity contribution in [1.29, 1.82) is 0 Å². The first kappa shape index (κ1) is 75.3. The molecule has 1 amide bonds. The molecule has 6 heteroatoms. The lowest BCUT2D eigenvalue weighted by Crippen LogP contribution is -2.45. The van der Waals surface area contributed by atoms with Crippen LogP contribution in [-0.4, -0.2) is 47.4 Å². The molecule has 456 valence electrons. The molecule has 0 saturated heterocycles. The number of hydrogen-bond acceptors (Lipinski definition) is 5. The SMILES string of the molecule is CCCCC/C=C\C/C=C\CCCCCCCC(=O)OCCCCCCCCCCCCCCCCCCCCCCCCCCCCCCCCCCCC(=O)NC(CO)C(O)CCCCCCCCCCCCCC. The molecule has 0 aliphatic heterocycles. The quantitative estimate of drug-likeness (QED) is 0.0320. The van der Waals surface area contributed by atoms with E-state index in [2.05, 4.69) is 43.5 Å². The number of amides is 1. The second-order valence-corrected chi connectivity index (χ2v) is 24.2. The molecular weight excluding hydrogens is 947 g/mol.